The molecule has 0 bridgehead atoms. The molecule has 0 aliphatic carbocycles. The fourth-order valence-corrected chi connectivity index (χ4v) is 5.85. The Bertz CT molecular complexity index is 1200. The average molecular weight is 495 g/mol. The molecule has 0 spiro atoms. The van der Waals surface area contributed by atoms with Crippen LogP contribution in [0.3, 0.4) is 0 Å². The lowest BCUT2D eigenvalue weighted by Gasteiger charge is -2.32. The Kier molecular flexibility index (Phi) is 7.52. The molecule has 5 heteroatoms. The summed E-state index contributed by atoms with van der Waals surface area (Å²) in [6, 6.07) is 26.5. The van der Waals surface area contributed by atoms with Crippen LogP contribution in [0.1, 0.15) is 47.1 Å². The van der Waals surface area contributed by atoms with E-state index in [9.17, 15) is 0 Å². The highest BCUT2D eigenvalue weighted by Crippen LogP contribution is 2.27. The number of ether oxygens (including phenoxy) is 1. The van der Waals surface area contributed by atoms with Gasteiger partial charge in [0.25, 0.3) is 0 Å². The minimum Gasteiger partial charge on any atom is -0.490 e. The lowest BCUT2D eigenvalue weighted by Crippen LogP contribution is -2.37. The van der Waals surface area contributed by atoms with Gasteiger partial charge >= 0.3 is 0 Å². The lowest BCUT2D eigenvalue weighted by atomic mass is 10.0. The molecule has 0 unspecified atom stereocenters. The molecule has 3 heterocycles. The van der Waals surface area contributed by atoms with Gasteiger partial charge in [0, 0.05) is 44.8 Å². The maximum atomic E-state index is 6.52. The Labute approximate surface area is 221 Å². The van der Waals surface area contributed by atoms with Crippen molar-refractivity contribution in [1.82, 2.24) is 15.1 Å². The number of aliphatic imine (C=N–C) groups is 1. The van der Waals surface area contributed by atoms with Gasteiger partial charge in [-0.05, 0) is 66.6 Å². The van der Waals surface area contributed by atoms with Gasteiger partial charge in [0.1, 0.15) is 17.7 Å². The second kappa shape index (κ2) is 11.5. The van der Waals surface area contributed by atoms with Crippen molar-refractivity contribution >= 4 is 5.84 Å². The summed E-state index contributed by atoms with van der Waals surface area (Å²) in [6.07, 6.45) is 4.83. The highest BCUT2D eigenvalue weighted by molar-refractivity contribution is 5.99. The van der Waals surface area contributed by atoms with Crippen molar-refractivity contribution in [3.05, 3.63) is 101 Å². The topological polar surface area (TPSA) is 40.1 Å². The molecule has 5 nitrogen and oxygen atoms in total. The molecule has 3 aromatic carbocycles. The van der Waals surface area contributed by atoms with Gasteiger partial charge in [-0.2, -0.15) is 0 Å². The Morgan fingerprint density at radius 3 is 2.38 bits per heavy atom. The first kappa shape index (κ1) is 24.2. The minimum absolute atomic E-state index is 0.300. The van der Waals surface area contributed by atoms with E-state index in [-0.39, 0.29) is 0 Å². The number of hydrogen-bond donors (Lipinski definition) is 1. The van der Waals surface area contributed by atoms with E-state index in [2.05, 4.69) is 92.9 Å². The summed E-state index contributed by atoms with van der Waals surface area (Å²) >= 11 is 0. The molecule has 6 rings (SSSR count). The predicted octanol–water partition coefficient (Wildman–Crippen LogP) is 5.03. The Morgan fingerprint density at radius 2 is 1.59 bits per heavy atom. The average Bonchev–Trinajstić information content (AvgIpc) is 3.40. The molecule has 0 radical (unpaired) electrons. The van der Waals surface area contributed by atoms with Crippen LogP contribution in [-0.4, -0.2) is 54.5 Å². The molecule has 37 heavy (non-hydrogen) atoms. The molecular weight excluding hydrogens is 456 g/mol. The van der Waals surface area contributed by atoms with E-state index < -0.39 is 0 Å². The van der Waals surface area contributed by atoms with Gasteiger partial charge in [-0.25, -0.2) is 0 Å². The van der Waals surface area contributed by atoms with Crippen molar-refractivity contribution in [3.8, 4) is 5.75 Å². The zero-order valence-electron chi connectivity index (χ0n) is 21.7. The maximum Gasteiger partial charge on any atom is 0.128 e. The van der Waals surface area contributed by atoms with Gasteiger partial charge in [0.15, 0.2) is 0 Å². The fraction of sp³-hybridized carbons (Fsp3) is 0.406. The monoisotopic (exact) mass is 494 g/mol. The van der Waals surface area contributed by atoms with E-state index in [4.69, 9.17) is 4.74 Å². The molecule has 1 saturated heterocycles. The van der Waals surface area contributed by atoms with Crippen molar-refractivity contribution in [2.24, 2.45) is 4.99 Å². The first-order valence-electron chi connectivity index (χ1n) is 13.9. The molecular formula is C32H38N4O. The van der Waals surface area contributed by atoms with Gasteiger partial charge in [-0.3, -0.25) is 14.8 Å². The third kappa shape index (κ3) is 6.23. The highest BCUT2D eigenvalue weighted by Gasteiger charge is 2.22. The smallest absolute Gasteiger partial charge is 0.128 e. The molecule has 3 aromatic rings. The Hall–Kier alpha value is -3.15. The van der Waals surface area contributed by atoms with Gasteiger partial charge in [-0.15, -0.1) is 0 Å². The minimum atomic E-state index is 0.300. The molecule has 3 aliphatic rings. The second-order valence-electron chi connectivity index (χ2n) is 10.7. The number of piperidine rings is 1. The number of rotatable bonds is 7. The summed E-state index contributed by atoms with van der Waals surface area (Å²) in [5.74, 6) is 2.07. The van der Waals surface area contributed by atoms with E-state index in [1.54, 1.807) is 0 Å². The fourth-order valence-electron chi connectivity index (χ4n) is 5.85. The molecule has 1 fully saturated rings. The van der Waals surface area contributed by atoms with Crippen molar-refractivity contribution in [1.29, 1.82) is 0 Å². The summed E-state index contributed by atoms with van der Waals surface area (Å²) in [4.78, 5) is 9.65. The summed E-state index contributed by atoms with van der Waals surface area (Å²) in [5, 5.41) is 3.35. The van der Waals surface area contributed by atoms with Crippen LogP contribution < -0.4 is 10.1 Å². The number of fused-ring (bicyclic) bond motifs is 1. The third-order valence-corrected chi connectivity index (χ3v) is 7.89. The summed E-state index contributed by atoms with van der Waals surface area (Å²) in [7, 11) is 0. The van der Waals surface area contributed by atoms with E-state index in [1.807, 2.05) is 0 Å². The zero-order chi connectivity index (χ0) is 24.9. The van der Waals surface area contributed by atoms with Crippen LogP contribution >= 0.6 is 0 Å². The summed E-state index contributed by atoms with van der Waals surface area (Å²) in [6.45, 7) is 8.15. The van der Waals surface area contributed by atoms with Crippen LogP contribution in [-0.2, 0) is 26.1 Å². The first-order chi connectivity index (χ1) is 18.3. The zero-order valence-corrected chi connectivity index (χ0v) is 21.7. The van der Waals surface area contributed by atoms with Crippen LogP contribution in [0.4, 0.5) is 0 Å². The largest absolute Gasteiger partial charge is 0.490 e. The molecule has 1 N–H and O–H groups in total. The van der Waals surface area contributed by atoms with E-state index in [1.165, 1.54) is 34.2 Å². The second-order valence-corrected chi connectivity index (χ2v) is 10.7. The molecule has 0 saturated carbocycles. The van der Waals surface area contributed by atoms with E-state index in [0.29, 0.717) is 6.10 Å². The third-order valence-electron chi connectivity index (χ3n) is 7.89. The SMILES string of the molecule is c1ccc(CN2CCCc3ccc(OC4CCN(Cc5ccc(C6=NCCN6)cc5)CC4)cc3C2)cc1. The van der Waals surface area contributed by atoms with Crippen LogP contribution in [0.15, 0.2) is 77.8 Å². The molecule has 0 atom stereocenters. The number of nitrogens with one attached hydrogen (secondary N) is 1. The quantitative estimate of drug-likeness (QED) is 0.500. The van der Waals surface area contributed by atoms with E-state index >= 15 is 0 Å². The van der Waals surface area contributed by atoms with Crippen molar-refractivity contribution in [3.63, 3.8) is 0 Å². The van der Waals surface area contributed by atoms with Crippen LogP contribution in [0.2, 0.25) is 0 Å². The van der Waals surface area contributed by atoms with Gasteiger partial charge < -0.3 is 10.1 Å². The number of nitrogens with zero attached hydrogens (tertiary/aromatic N) is 3. The summed E-state index contributed by atoms with van der Waals surface area (Å²) in [5.41, 5.74) is 6.87. The number of aryl methyl sites for hydroxylation is 1. The van der Waals surface area contributed by atoms with Gasteiger partial charge in [0.2, 0.25) is 0 Å². The molecule has 192 valence electrons. The van der Waals surface area contributed by atoms with E-state index in [0.717, 1.165) is 83.2 Å². The van der Waals surface area contributed by atoms with Crippen LogP contribution in [0, 0.1) is 0 Å². The molecule has 3 aliphatic heterocycles. The van der Waals surface area contributed by atoms with Crippen molar-refractivity contribution in [2.75, 3.05) is 32.7 Å². The Morgan fingerprint density at radius 1 is 0.811 bits per heavy atom. The van der Waals surface area contributed by atoms with Crippen molar-refractivity contribution in [2.45, 2.75) is 51.4 Å². The molecule has 0 aromatic heterocycles. The van der Waals surface area contributed by atoms with Crippen LogP contribution in [0.25, 0.3) is 0 Å². The number of hydrogen-bond acceptors (Lipinski definition) is 5. The maximum absolute atomic E-state index is 6.52. The number of likely N-dealkylation sites (tertiary alicyclic amines) is 1. The normalized spacial score (nSPS) is 19.1. The van der Waals surface area contributed by atoms with Crippen LogP contribution in [0.5, 0.6) is 5.75 Å². The first-order valence-corrected chi connectivity index (χ1v) is 13.9. The summed E-state index contributed by atoms with van der Waals surface area (Å²) < 4.78 is 6.52. The number of benzene rings is 3. The highest BCUT2D eigenvalue weighted by atomic mass is 16.5. The predicted molar refractivity (Wildman–Crippen MR) is 150 cm³/mol. The van der Waals surface area contributed by atoms with Crippen molar-refractivity contribution < 1.29 is 4.74 Å². The Balaban J connectivity index is 1.01. The number of amidine groups is 1. The standard InChI is InChI=1S/C32H38N4O/c1-2-5-25(6-3-1)23-36-18-4-7-27-12-13-31(21-29(27)24-36)37-30-14-19-35(20-15-30)22-26-8-10-28(11-9-26)32-33-16-17-34-32/h1-3,5-6,8-13,21,30H,4,7,14-20,22-24H2,(H,33,34). The molecule has 0 amide bonds. The lowest BCUT2D eigenvalue weighted by molar-refractivity contribution is 0.0967. The van der Waals surface area contributed by atoms with Gasteiger partial charge in [0.05, 0.1) is 6.54 Å². The van der Waals surface area contributed by atoms with Gasteiger partial charge in [-0.1, -0.05) is 60.7 Å².